The van der Waals surface area contributed by atoms with Crippen LogP contribution in [0.5, 0.6) is 5.75 Å². The molecule has 2 N–H and O–H groups in total. The molecular weight excluding hydrogens is 506 g/mol. The summed E-state index contributed by atoms with van der Waals surface area (Å²) in [5.74, 6) is -0.471. The first kappa shape index (κ1) is 30.9. The number of hydrogen-bond donors (Lipinski definition) is 2. The summed E-state index contributed by atoms with van der Waals surface area (Å²) in [7, 11) is 1.68. The minimum absolute atomic E-state index is 0.105. The lowest BCUT2D eigenvalue weighted by molar-refractivity contribution is -0.139. The molecule has 4 rings (SSSR count). The van der Waals surface area contributed by atoms with Crippen molar-refractivity contribution >= 4 is 11.9 Å². The number of hydrogen-bond acceptors (Lipinski definition) is 5. The van der Waals surface area contributed by atoms with Crippen molar-refractivity contribution < 1.29 is 28.9 Å². The van der Waals surface area contributed by atoms with Crippen LogP contribution in [0, 0.1) is 6.92 Å². The summed E-state index contributed by atoms with van der Waals surface area (Å²) in [5, 5.41) is 12.2. The molecule has 40 heavy (non-hydrogen) atoms. The van der Waals surface area contributed by atoms with Crippen LogP contribution < -0.4 is 10.1 Å². The van der Waals surface area contributed by atoms with Crippen molar-refractivity contribution in [1.29, 1.82) is 0 Å². The number of benzene rings is 3. The lowest BCUT2D eigenvalue weighted by Crippen LogP contribution is -2.40. The number of fused-ring (bicyclic) bond motifs is 1. The maximum absolute atomic E-state index is 13.2. The van der Waals surface area contributed by atoms with Gasteiger partial charge in [0.1, 0.15) is 11.8 Å². The maximum Gasteiger partial charge on any atom is 0.326 e. The molecule has 1 amide bonds. The molecule has 2 atom stereocenters. The smallest absolute Gasteiger partial charge is 0.326 e. The molecule has 0 bridgehead atoms. The van der Waals surface area contributed by atoms with Gasteiger partial charge >= 0.3 is 5.97 Å². The first-order valence-corrected chi connectivity index (χ1v) is 13.9. The summed E-state index contributed by atoms with van der Waals surface area (Å²) in [6, 6.07) is 18.7. The van der Waals surface area contributed by atoms with Gasteiger partial charge in [0, 0.05) is 25.7 Å². The van der Waals surface area contributed by atoms with Gasteiger partial charge < -0.3 is 24.6 Å². The van der Waals surface area contributed by atoms with Crippen LogP contribution in [0.2, 0.25) is 0 Å². The Kier molecular flexibility index (Phi) is 11.7. The van der Waals surface area contributed by atoms with Gasteiger partial charge in [-0.1, -0.05) is 49.7 Å². The highest BCUT2D eigenvalue weighted by Crippen LogP contribution is 2.31. The topological polar surface area (TPSA) is 94.1 Å². The van der Waals surface area contributed by atoms with E-state index < -0.39 is 17.9 Å². The van der Waals surface area contributed by atoms with E-state index in [9.17, 15) is 14.7 Å². The second kappa shape index (κ2) is 15.2. The van der Waals surface area contributed by atoms with Crippen LogP contribution in [0.4, 0.5) is 0 Å². The van der Waals surface area contributed by atoms with Crippen LogP contribution in [-0.4, -0.2) is 43.3 Å². The predicted octanol–water partition coefficient (Wildman–Crippen LogP) is 6.51. The van der Waals surface area contributed by atoms with E-state index in [0.29, 0.717) is 25.0 Å². The fraction of sp³-hybridized carbons (Fsp3) is 0.394. The highest BCUT2D eigenvalue weighted by Gasteiger charge is 2.22. The van der Waals surface area contributed by atoms with Crippen molar-refractivity contribution in [2.75, 3.05) is 20.3 Å². The average Bonchev–Trinajstić information content (AvgIpc) is 3.44. The van der Waals surface area contributed by atoms with Crippen molar-refractivity contribution in [2.45, 2.75) is 65.7 Å². The zero-order valence-electron chi connectivity index (χ0n) is 24.2. The third-order valence-electron chi connectivity index (χ3n) is 6.92. The number of carbonyl (C=O) groups excluding carboxylic acids is 1. The number of carboxylic acid groups (broad SMARTS) is 1. The van der Waals surface area contributed by atoms with Crippen LogP contribution >= 0.6 is 0 Å². The van der Waals surface area contributed by atoms with E-state index in [0.717, 1.165) is 53.2 Å². The Morgan fingerprint density at radius 1 is 1.05 bits per heavy atom. The maximum atomic E-state index is 13.2. The third-order valence-corrected chi connectivity index (χ3v) is 6.92. The molecule has 0 saturated heterocycles. The lowest BCUT2D eigenvalue weighted by atomic mass is 9.93. The fourth-order valence-electron chi connectivity index (χ4n) is 4.54. The Morgan fingerprint density at radius 3 is 2.48 bits per heavy atom. The molecule has 0 saturated carbocycles. The zero-order chi connectivity index (χ0) is 29.1. The number of aryl methyl sites for hydroxylation is 1. The first-order chi connectivity index (χ1) is 19.3. The van der Waals surface area contributed by atoms with E-state index in [-0.39, 0.29) is 6.10 Å². The second-order valence-electron chi connectivity index (χ2n) is 9.84. The van der Waals surface area contributed by atoms with E-state index in [1.54, 1.807) is 13.2 Å². The Morgan fingerprint density at radius 2 is 1.80 bits per heavy atom. The summed E-state index contributed by atoms with van der Waals surface area (Å²) < 4.78 is 16.3. The van der Waals surface area contributed by atoms with Gasteiger partial charge in [-0.25, -0.2) is 4.79 Å². The Labute approximate surface area is 237 Å². The van der Waals surface area contributed by atoms with Crippen molar-refractivity contribution in [1.82, 2.24) is 5.32 Å². The zero-order valence-corrected chi connectivity index (χ0v) is 24.2. The van der Waals surface area contributed by atoms with Crippen molar-refractivity contribution in [3.05, 3.63) is 88.5 Å². The number of aliphatic carboxylic acids is 1. The monoisotopic (exact) mass is 547 g/mol. The molecule has 0 aromatic heterocycles. The number of ether oxygens (including phenoxy) is 3. The predicted molar refractivity (Wildman–Crippen MR) is 157 cm³/mol. The number of amides is 1. The van der Waals surface area contributed by atoms with Gasteiger partial charge in [0.2, 0.25) is 0 Å². The highest BCUT2D eigenvalue weighted by molar-refractivity contribution is 6.02. The minimum atomic E-state index is -1.03. The van der Waals surface area contributed by atoms with Crippen LogP contribution in [-0.2, 0) is 27.3 Å². The quantitative estimate of drug-likeness (QED) is 0.284. The molecule has 0 aliphatic carbocycles. The lowest BCUT2D eigenvalue weighted by Gasteiger charge is -2.18. The summed E-state index contributed by atoms with van der Waals surface area (Å²) >= 11 is 0. The normalized spacial score (nSPS) is 13.3. The molecule has 0 spiro atoms. The molecule has 3 aromatic carbocycles. The van der Waals surface area contributed by atoms with Gasteiger partial charge in [0.15, 0.2) is 0 Å². The fourth-order valence-corrected chi connectivity index (χ4v) is 4.54. The number of carboxylic acids is 1. The molecule has 0 fully saturated rings. The summed E-state index contributed by atoms with van der Waals surface area (Å²) in [6.07, 6.45) is 1.85. The van der Waals surface area contributed by atoms with Gasteiger partial charge in [-0.2, -0.15) is 0 Å². The Hall–Kier alpha value is -3.68. The number of nitrogens with one attached hydrogen (secondary N) is 1. The van der Waals surface area contributed by atoms with E-state index in [2.05, 4.69) is 16.1 Å². The number of rotatable bonds is 11. The van der Waals surface area contributed by atoms with Crippen LogP contribution in [0.25, 0.3) is 11.1 Å². The van der Waals surface area contributed by atoms with Crippen molar-refractivity contribution in [3.63, 3.8) is 0 Å². The van der Waals surface area contributed by atoms with Crippen molar-refractivity contribution in [2.24, 2.45) is 0 Å². The van der Waals surface area contributed by atoms with Gasteiger partial charge in [-0.15, -0.1) is 0 Å². The molecule has 0 radical (unpaired) electrons. The summed E-state index contributed by atoms with van der Waals surface area (Å²) in [6.45, 7) is 9.80. The van der Waals surface area contributed by atoms with Crippen LogP contribution in [0.3, 0.4) is 0 Å². The molecule has 7 heteroatoms. The molecule has 214 valence electrons. The van der Waals surface area contributed by atoms with Gasteiger partial charge in [-0.3, -0.25) is 4.79 Å². The van der Waals surface area contributed by atoms with E-state index in [4.69, 9.17) is 9.47 Å². The minimum Gasteiger partial charge on any atom is -0.493 e. The van der Waals surface area contributed by atoms with Crippen LogP contribution in [0.1, 0.15) is 72.3 Å². The van der Waals surface area contributed by atoms with E-state index in [1.165, 1.54) is 5.56 Å². The van der Waals surface area contributed by atoms with Gasteiger partial charge in [0.05, 0.1) is 19.3 Å². The van der Waals surface area contributed by atoms with Gasteiger partial charge in [-0.05, 0) is 84.8 Å². The largest absolute Gasteiger partial charge is 0.493 e. The second-order valence-corrected chi connectivity index (χ2v) is 9.84. The molecule has 1 aliphatic heterocycles. The number of carbonyl (C=O) groups is 2. The molecule has 2 unspecified atom stereocenters. The van der Waals surface area contributed by atoms with Gasteiger partial charge in [0.25, 0.3) is 5.91 Å². The number of methoxy groups -OCH3 is 1. The molecule has 1 aliphatic rings. The highest BCUT2D eigenvalue weighted by atomic mass is 16.5. The van der Waals surface area contributed by atoms with Crippen LogP contribution in [0.15, 0.2) is 60.7 Å². The Balaban J connectivity index is 0.00000103. The van der Waals surface area contributed by atoms with Crippen molar-refractivity contribution in [3.8, 4) is 16.9 Å². The average molecular weight is 548 g/mol. The first-order valence-electron chi connectivity index (χ1n) is 13.9. The molecule has 7 nitrogen and oxygen atoms in total. The third kappa shape index (κ3) is 8.16. The molecule has 3 aromatic rings. The SMILES string of the molecule is CCCC(NC(=O)c1ccc(COC(C)c2ccc3c(c2)CCO3)cc1-c1ccccc1C)C(=O)O.CCOC. The standard InChI is InChI=1S/C30H33NO5.C3H8O/c1-4-7-27(30(33)34)31-29(32)25-12-10-21(16-26(25)24-9-6-5-8-19(24)2)18-36-20(3)22-11-13-28-23(17-22)14-15-35-28;1-3-4-2/h5-6,8-13,16-17,20,27H,4,7,14-15,18H2,1-3H3,(H,31,32)(H,33,34);3H2,1-2H3. The molecular formula is C33H41NO6. The summed E-state index contributed by atoms with van der Waals surface area (Å²) in [4.78, 5) is 24.8. The van der Waals surface area contributed by atoms with E-state index in [1.807, 2.05) is 76.2 Å². The van der Waals surface area contributed by atoms with E-state index >= 15 is 0 Å². The summed E-state index contributed by atoms with van der Waals surface area (Å²) in [5.41, 5.74) is 6.41. The molecule has 1 heterocycles. The Bertz CT molecular complexity index is 1290.